The van der Waals surface area contributed by atoms with Gasteiger partial charge in [-0.25, -0.2) is 0 Å². The second-order valence-electron chi connectivity index (χ2n) is 6.73. The van der Waals surface area contributed by atoms with E-state index in [0.717, 1.165) is 30.5 Å². The number of carbonyl (C=O) groups excluding carboxylic acids is 2. The summed E-state index contributed by atoms with van der Waals surface area (Å²) < 4.78 is 0. The molecule has 0 unspecified atom stereocenters. The van der Waals surface area contributed by atoms with E-state index in [1.165, 1.54) is 19.3 Å². The van der Waals surface area contributed by atoms with Crippen molar-refractivity contribution in [2.24, 2.45) is 5.92 Å². The predicted octanol–water partition coefficient (Wildman–Crippen LogP) is 3.05. The maximum atomic E-state index is 12.5. The van der Waals surface area contributed by atoms with Crippen molar-refractivity contribution in [2.45, 2.75) is 57.9 Å². The van der Waals surface area contributed by atoms with Crippen molar-refractivity contribution in [1.82, 2.24) is 5.32 Å². The average molecular weight is 314 g/mol. The van der Waals surface area contributed by atoms with Gasteiger partial charge in [0.15, 0.2) is 0 Å². The van der Waals surface area contributed by atoms with E-state index >= 15 is 0 Å². The molecular weight excluding hydrogens is 288 g/mol. The Labute approximate surface area is 138 Å². The SMILES string of the molecule is CCc1ccccc1N1C[C@H](C(=O)NC2CCCCC2)CC1=O. The van der Waals surface area contributed by atoms with Gasteiger partial charge in [-0.15, -0.1) is 0 Å². The molecule has 1 saturated carbocycles. The Morgan fingerprint density at radius 2 is 1.96 bits per heavy atom. The Morgan fingerprint density at radius 1 is 1.22 bits per heavy atom. The lowest BCUT2D eigenvalue weighted by Gasteiger charge is -2.24. The maximum absolute atomic E-state index is 12.5. The van der Waals surface area contributed by atoms with Crippen LogP contribution in [-0.2, 0) is 16.0 Å². The molecule has 1 saturated heterocycles. The lowest BCUT2D eigenvalue weighted by atomic mass is 9.95. The molecule has 1 aliphatic carbocycles. The molecule has 3 rings (SSSR count). The Balaban J connectivity index is 1.66. The van der Waals surface area contributed by atoms with Gasteiger partial charge in [0.1, 0.15) is 0 Å². The van der Waals surface area contributed by atoms with Crippen LogP contribution in [0.3, 0.4) is 0 Å². The highest BCUT2D eigenvalue weighted by Crippen LogP contribution is 2.29. The zero-order valence-electron chi connectivity index (χ0n) is 13.9. The first kappa shape index (κ1) is 16.0. The molecule has 124 valence electrons. The predicted molar refractivity (Wildman–Crippen MR) is 91.3 cm³/mol. The fourth-order valence-corrected chi connectivity index (χ4v) is 3.76. The number of anilines is 1. The summed E-state index contributed by atoms with van der Waals surface area (Å²) in [7, 11) is 0. The van der Waals surface area contributed by atoms with E-state index in [4.69, 9.17) is 0 Å². The maximum Gasteiger partial charge on any atom is 0.227 e. The first-order valence-electron chi connectivity index (χ1n) is 8.87. The summed E-state index contributed by atoms with van der Waals surface area (Å²) in [6.07, 6.45) is 7.05. The van der Waals surface area contributed by atoms with Gasteiger partial charge in [-0.2, -0.15) is 0 Å². The molecule has 2 amide bonds. The molecule has 1 atom stereocenters. The van der Waals surface area contributed by atoms with Crippen LogP contribution in [0.2, 0.25) is 0 Å². The van der Waals surface area contributed by atoms with Crippen molar-refractivity contribution in [3.05, 3.63) is 29.8 Å². The molecule has 1 heterocycles. The molecule has 0 aromatic heterocycles. The van der Waals surface area contributed by atoms with Crippen LogP contribution in [0.5, 0.6) is 0 Å². The molecule has 1 aliphatic heterocycles. The molecule has 1 aromatic rings. The second-order valence-corrected chi connectivity index (χ2v) is 6.73. The Hall–Kier alpha value is -1.84. The lowest BCUT2D eigenvalue weighted by molar-refractivity contribution is -0.127. The number of benzene rings is 1. The van der Waals surface area contributed by atoms with Gasteiger partial charge in [0, 0.05) is 24.7 Å². The first-order chi connectivity index (χ1) is 11.2. The summed E-state index contributed by atoms with van der Waals surface area (Å²) >= 11 is 0. The molecule has 4 nitrogen and oxygen atoms in total. The topological polar surface area (TPSA) is 49.4 Å². The van der Waals surface area contributed by atoms with E-state index in [1.807, 2.05) is 18.2 Å². The summed E-state index contributed by atoms with van der Waals surface area (Å²) in [6, 6.07) is 8.30. The van der Waals surface area contributed by atoms with E-state index < -0.39 is 0 Å². The van der Waals surface area contributed by atoms with E-state index in [1.54, 1.807) is 4.90 Å². The first-order valence-corrected chi connectivity index (χ1v) is 8.87. The van der Waals surface area contributed by atoms with Crippen LogP contribution < -0.4 is 10.2 Å². The number of nitrogens with one attached hydrogen (secondary N) is 1. The molecule has 0 spiro atoms. The molecule has 0 radical (unpaired) electrons. The van der Waals surface area contributed by atoms with Crippen molar-refractivity contribution < 1.29 is 9.59 Å². The fourth-order valence-electron chi connectivity index (χ4n) is 3.76. The molecule has 23 heavy (non-hydrogen) atoms. The largest absolute Gasteiger partial charge is 0.353 e. The van der Waals surface area contributed by atoms with Crippen molar-refractivity contribution in [2.75, 3.05) is 11.4 Å². The van der Waals surface area contributed by atoms with Gasteiger partial charge >= 0.3 is 0 Å². The molecule has 0 bridgehead atoms. The van der Waals surface area contributed by atoms with Gasteiger partial charge in [-0.05, 0) is 30.9 Å². The van der Waals surface area contributed by atoms with Gasteiger partial charge in [0.2, 0.25) is 11.8 Å². The number of nitrogens with zero attached hydrogens (tertiary/aromatic N) is 1. The number of hydrogen-bond donors (Lipinski definition) is 1. The van der Waals surface area contributed by atoms with Crippen LogP contribution >= 0.6 is 0 Å². The van der Waals surface area contributed by atoms with Crippen molar-refractivity contribution in [3.8, 4) is 0 Å². The van der Waals surface area contributed by atoms with Crippen molar-refractivity contribution >= 4 is 17.5 Å². The van der Waals surface area contributed by atoms with Crippen molar-refractivity contribution in [1.29, 1.82) is 0 Å². The Bertz CT molecular complexity index is 578. The molecule has 1 aromatic carbocycles. The van der Waals surface area contributed by atoms with Gasteiger partial charge in [0.05, 0.1) is 5.92 Å². The minimum Gasteiger partial charge on any atom is -0.353 e. The number of hydrogen-bond acceptors (Lipinski definition) is 2. The molecule has 4 heteroatoms. The highest BCUT2D eigenvalue weighted by atomic mass is 16.2. The zero-order chi connectivity index (χ0) is 16.2. The van der Waals surface area contributed by atoms with Crippen LogP contribution in [0.4, 0.5) is 5.69 Å². The van der Waals surface area contributed by atoms with Crippen LogP contribution in [-0.4, -0.2) is 24.4 Å². The minimum absolute atomic E-state index is 0.0572. The summed E-state index contributed by atoms with van der Waals surface area (Å²) in [4.78, 5) is 26.7. The number of carbonyl (C=O) groups is 2. The highest BCUT2D eigenvalue weighted by Gasteiger charge is 2.36. The van der Waals surface area contributed by atoms with Gasteiger partial charge in [0.25, 0.3) is 0 Å². The highest BCUT2D eigenvalue weighted by molar-refractivity contribution is 6.00. The van der Waals surface area contributed by atoms with Crippen LogP contribution in [0.1, 0.15) is 51.0 Å². The van der Waals surface area contributed by atoms with Gasteiger partial charge in [-0.1, -0.05) is 44.4 Å². The average Bonchev–Trinajstić information content (AvgIpc) is 2.97. The van der Waals surface area contributed by atoms with E-state index in [9.17, 15) is 9.59 Å². The zero-order valence-corrected chi connectivity index (χ0v) is 13.9. The van der Waals surface area contributed by atoms with E-state index in [0.29, 0.717) is 19.0 Å². The standard InChI is InChI=1S/C19H26N2O2/c1-2-14-8-6-7-11-17(14)21-13-15(12-18(21)22)19(23)20-16-9-4-3-5-10-16/h6-8,11,15-16H,2-5,9-10,12-13H2,1H3,(H,20,23)/t15-/m1/s1. The van der Waals surface area contributed by atoms with Crippen LogP contribution in [0.15, 0.2) is 24.3 Å². The summed E-state index contributed by atoms with van der Waals surface area (Å²) in [6.45, 7) is 2.60. The number of para-hydroxylation sites is 1. The quantitative estimate of drug-likeness (QED) is 0.928. The minimum atomic E-state index is -0.214. The Kier molecular flexibility index (Phi) is 4.99. The third-order valence-corrected chi connectivity index (χ3v) is 5.11. The summed E-state index contributed by atoms with van der Waals surface area (Å²) in [5, 5.41) is 3.16. The van der Waals surface area contributed by atoms with Gasteiger partial charge in [-0.3, -0.25) is 9.59 Å². The van der Waals surface area contributed by atoms with E-state index in [-0.39, 0.29) is 17.7 Å². The van der Waals surface area contributed by atoms with Crippen molar-refractivity contribution in [3.63, 3.8) is 0 Å². The third kappa shape index (κ3) is 3.57. The summed E-state index contributed by atoms with van der Waals surface area (Å²) in [5.41, 5.74) is 2.13. The van der Waals surface area contributed by atoms with Gasteiger partial charge < -0.3 is 10.2 Å². The Morgan fingerprint density at radius 3 is 2.70 bits per heavy atom. The third-order valence-electron chi connectivity index (χ3n) is 5.11. The fraction of sp³-hybridized carbons (Fsp3) is 0.579. The smallest absolute Gasteiger partial charge is 0.227 e. The van der Waals surface area contributed by atoms with Crippen LogP contribution in [0.25, 0.3) is 0 Å². The lowest BCUT2D eigenvalue weighted by Crippen LogP contribution is -2.40. The number of rotatable bonds is 4. The van der Waals surface area contributed by atoms with E-state index in [2.05, 4.69) is 18.3 Å². The van der Waals surface area contributed by atoms with Crippen LogP contribution in [0, 0.1) is 5.92 Å². The number of amides is 2. The molecule has 2 fully saturated rings. The molecule has 1 N–H and O–H groups in total. The molecular formula is C19H26N2O2. The molecule has 2 aliphatic rings. The number of aryl methyl sites for hydroxylation is 1. The normalized spacial score (nSPS) is 22.4. The second kappa shape index (κ2) is 7.16. The summed E-state index contributed by atoms with van der Waals surface area (Å²) in [5.74, 6) is -0.0919. The monoisotopic (exact) mass is 314 g/mol.